The summed E-state index contributed by atoms with van der Waals surface area (Å²) in [5.74, 6) is 0.796. The lowest BCUT2D eigenvalue weighted by Crippen LogP contribution is -2.49. The number of sulfonamides is 1. The molecular formula is C21H34N2O4S. The van der Waals surface area contributed by atoms with Crippen LogP contribution in [-0.4, -0.2) is 38.0 Å². The fourth-order valence-electron chi connectivity index (χ4n) is 4.69. The summed E-state index contributed by atoms with van der Waals surface area (Å²) in [4.78, 5) is 13.0. The van der Waals surface area contributed by atoms with Crippen LogP contribution >= 0.6 is 0 Å². The van der Waals surface area contributed by atoms with Crippen LogP contribution in [0, 0.1) is 5.92 Å². The highest BCUT2D eigenvalue weighted by atomic mass is 32.2. The summed E-state index contributed by atoms with van der Waals surface area (Å²) in [5.41, 5.74) is 1.72. The SMILES string of the molecule is CCc1ccc2n(c1=O)C(COC1CCC(CC)CC1)C(NS(C)(=O)=O)CC2. The van der Waals surface area contributed by atoms with Gasteiger partial charge in [0.1, 0.15) is 0 Å². The van der Waals surface area contributed by atoms with Crippen LogP contribution in [0.1, 0.15) is 69.7 Å². The first-order chi connectivity index (χ1) is 13.3. The maximum Gasteiger partial charge on any atom is 0.254 e. The Hall–Kier alpha value is -1.18. The van der Waals surface area contributed by atoms with Gasteiger partial charge in [-0.15, -0.1) is 0 Å². The average molecular weight is 411 g/mol. The van der Waals surface area contributed by atoms with Gasteiger partial charge in [-0.2, -0.15) is 0 Å². The third-order valence-corrected chi connectivity index (χ3v) is 7.14. The van der Waals surface area contributed by atoms with Crippen molar-refractivity contribution >= 4 is 10.0 Å². The molecule has 0 spiro atoms. The van der Waals surface area contributed by atoms with E-state index in [1.54, 1.807) is 4.57 Å². The number of ether oxygens (including phenoxy) is 1. The van der Waals surface area contributed by atoms with E-state index in [1.165, 1.54) is 25.5 Å². The fraction of sp³-hybridized carbons (Fsp3) is 0.762. The number of rotatable bonds is 7. The molecule has 0 aromatic carbocycles. The van der Waals surface area contributed by atoms with E-state index in [0.29, 0.717) is 25.9 Å². The maximum absolute atomic E-state index is 13.0. The van der Waals surface area contributed by atoms with E-state index in [9.17, 15) is 13.2 Å². The van der Waals surface area contributed by atoms with Crippen LogP contribution < -0.4 is 10.3 Å². The van der Waals surface area contributed by atoms with Crippen molar-refractivity contribution in [3.8, 4) is 0 Å². The second-order valence-electron chi connectivity index (χ2n) is 8.37. The first-order valence-electron chi connectivity index (χ1n) is 10.6. The highest BCUT2D eigenvalue weighted by Gasteiger charge is 2.33. The molecule has 1 fully saturated rings. The zero-order valence-corrected chi connectivity index (χ0v) is 18.1. The molecule has 1 aromatic rings. The third-order valence-electron chi connectivity index (χ3n) is 6.41. The molecule has 0 amide bonds. The molecule has 0 bridgehead atoms. The van der Waals surface area contributed by atoms with E-state index in [1.807, 2.05) is 19.1 Å². The number of hydrogen-bond donors (Lipinski definition) is 1. The van der Waals surface area contributed by atoms with Crippen LogP contribution in [-0.2, 0) is 27.6 Å². The molecule has 28 heavy (non-hydrogen) atoms. The molecular weight excluding hydrogens is 376 g/mol. The Balaban J connectivity index is 1.82. The van der Waals surface area contributed by atoms with Crippen molar-refractivity contribution in [2.45, 2.75) is 83.4 Å². The van der Waals surface area contributed by atoms with Crippen LogP contribution in [0.3, 0.4) is 0 Å². The molecule has 7 heteroatoms. The first-order valence-corrected chi connectivity index (χ1v) is 12.5. The number of aryl methyl sites for hydroxylation is 2. The summed E-state index contributed by atoms with van der Waals surface area (Å²) >= 11 is 0. The van der Waals surface area contributed by atoms with Gasteiger partial charge >= 0.3 is 0 Å². The lowest BCUT2D eigenvalue weighted by Gasteiger charge is -2.37. The molecule has 0 radical (unpaired) electrons. The van der Waals surface area contributed by atoms with Gasteiger partial charge in [-0.3, -0.25) is 4.79 Å². The summed E-state index contributed by atoms with van der Waals surface area (Å²) in [6.45, 7) is 4.58. The molecule has 1 aromatic heterocycles. The minimum atomic E-state index is -3.36. The lowest BCUT2D eigenvalue weighted by atomic mass is 9.86. The molecule has 2 atom stereocenters. The van der Waals surface area contributed by atoms with Crippen molar-refractivity contribution < 1.29 is 13.2 Å². The van der Waals surface area contributed by atoms with Gasteiger partial charge in [0.15, 0.2) is 0 Å². The van der Waals surface area contributed by atoms with E-state index >= 15 is 0 Å². The lowest BCUT2D eigenvalue weighted by molar-refractivity contribution is -0.00695. The molecule has 2 heterocycles. The highest BCUT2D eigenvalue weighted by molar-refractivity contribution is 7.88. The molecule has 3 rings (SSSR count). The van der Waals surface area contributed by atoms with Crippen LogP contribution in [0.25, 0.3) is 0 Å². The monoisotopic (exact) mass is 410 g/mol. The number of fused-ring (bicyclic) bond motifs is 1. The van der Waals surface area contributed by atoms with E-state index < -0.39 is 10.0 Å². The standard InChI is InChI=1S/C21H34N2O4S/c1-4-15-6-11-18(12-7-15)27-14-20-19(22-28(3,25)26)13-10-17-9-8-16(5-2)21(24)23(17)20/h8-9,15,18-20,22H,4-7,10-14H2,1-3H3. The molecule has 1 aliphatic heterocycles. The summed E-state index contributed by atoms with van der Waals surface area (Å²) in [7, 11) is -3.36. The van der Waals surface area contributed by atoms with Gasteiger partial charge in [-0.05, 0) is 56.9 Å². The number of nitrogens with zero attached hydrogens (tertiary/aromatic N) is 1. The average Bonchev–Trinajstić information content (AvgIpc) is 2.66. The van der Waals surface area contributed by atoms with E-state index in [-0.39, 0.29) is 23.7 Å². The van der Waals surface area contributed by atoms with Gasteiger partial charge in [0.2, 0.25) is 10.0 Å². The van der Waals surface area contributed by atoms with Crippen molar-refractivity contribution in [1.82, 2.24) is 9.29 Å². The minimum absolute atomic E-state index is 0.0108. The van der Waals surface area contributed by atoms with Crippen molar-refractivity contribution in [3.05, 3.63) is 33.7 Å². The van der Waals surface area contributed by atoms with Gasteiger partial charge in [-0.1, -0.05) is 26.3 Å². The normalized spacial score (nSPS) is 28.1. The zero-order chi connectivity index (χ0) is 20.3. The summed E-state index contributed by atoms with van der Waals surface area (Å²) in [6, 6.07) is 3.29. The second-order valence-corrected chi connectivity index (χ2v) is 10.1. The molecule has 2 unspecified atom stereocenters. The predicted octanol–water partition coefficient (Wildman–Crippen LogP) is 2.80. The van der Waals surface area contributed by atoms with Crippen molar-refractivity contribution in [1.29, 1.82) is 0 Å². The van der Waals surface area contributed by atoms with Crippen LogP contribution in [0.5, 0.6) is 0 Å². The van der Waals surface area contributed by atoms with Gasteiger partial charge in [0, 0.05) is 17.3 Å². The van der Waals surface area contributed by atoms with Gasteiger partial charge in [0.05, 0.1) is 25.0 Å². The summed E-state index contributed by atoms with van der Waals surface area (Å²) in [6.07, 6.45) is 9.10. The molecule has 158 valence electrons. The Kier molecular flexibility index (Phi) is 6.99. The van der Waals surface area contributed by atoms with Crippen LogP contribution in [0.4, 0.5) is 0 Å². The largest absolute Gasteiger partial charge is 0.376 e. The van der Waals surface area contributed by atoms with E-state index in [2.05, 4.69) is 11.6 Å². The number of aromatic nitrogens is 1. The zero-order valence-electron chi connectivity index (χ0n) is 17.3. The number of hydrogen-bond acceptors (Lipinski definition) is 4. The predicted molar refractivity (Wildman–Crippen MR) is 111 cm³/mol. The second kappa shape index (κ2) is 9.09. The number of nitrogens with one attached hydrogen (secondary N) is 1. The maximum atomic E-state index is 13.0. The first kappa shape index (κ1) is 21.5. The van der Waals surface area contributed by atoms with E-state index in [0.717, 1.165) is 30.0 Å². The highest BCUT2D eigenvalue weighted by Crippen LogP contribution is 2.30. The van der Waals surface area contributed by atoms with Crippen molar-refractivity contribution in [2.24, 2.45) is 5.92 Å². The summed E-state index contributed by atoms with van der Waals surface area (Å²) in [5, 5.41) is 0. The topological polar surface area (TPSA) is 77.4 Å². The Morgan fingerprint density at radius 2 is 1.86 bits per heavy atom. The van der Waals surface area contributed by atoms with Crippen molar-refractivity contribution in [3.63, 3.8) is 0 Å². The molecule has 1 saturated carbocycles. The van der Waals surface area contributed by atoms with Gasteiger partial charge < -0.3 is 9.30 Å². The smallest absolute Gasteiger partial charge is 0.254 e. The Morgan fingerprint density at radius 3 is 2.46 bits per heavy atom. The quantitative estimate of drug-likeness (QED) is 0.750. The Bertz CT molecular complexity index is 825. The fourth-order valence-corrected chi connectivity index (χ4v) is 5.52. The van der Waals surface area contributed by atoms with Crippen molar-refractivity contribution in [2.75, 3.05) is 12.9 Å². The molecule has 1 N–H and O–H groups in total. The Morgan fingerprint density at radius 1 is 1.14 bits per heavy atom. The molecule has 0 saturated heterocycles. The van der Waals surface area contributed by atoms with E-state index in [4.69, 9.17) is 4.74 Å². The summed E-state index contributed by atoms with van der Waals surface area (Å²) < 4.78 is 34.6. The molecule has 6 nitrogen and oxygen atoms in total. The minimum Gasteiger partial charge on any atom is -0.376 e. The third kappa shape index (κ3) is 5.05. The van der Waals surface area contributed by atoms with Crippen LogP contribution in [0.2, 0.25) is 0 Å². The molecule has 1 aliphatic carbocycles. The Labute approximate surface area is 168 Å². The van der Waals surface area contributed by atoms with Gasteiger partial charge in [0.25, 0.3) is 5.56 Å². The van der Waals surface area contributed by atoms with Crippen LogP contribution in [0.15, 0.2) is 16.9 Å². The van der Waals surface area contributed by atoms with Gasteiger partial charge in [-0.25, -0.2) is 13.1 Å². The molecule has 2 aliphatic rings. The number of pyridine rings is 1.